The Morgan fingerprint density at radius 2 is 2.00 bits per heavy atom. The summed E-state index contributed by atoms with van der Waals surface area (Å²) in [6, 6.07) is 0.752. The molecular weight excluding hydrogens is 210 g/mol. The molecule has 0 saturated carbocycles. The predicted molar refractivity (Wildman–Crippen MR) is 73.3 cm³/mol. The summed E-state index contributed by atoms with van der Waals surface area (Å²) in [5.41, 5.74) is 0. The highest BCUT2D eigenvalue weighted by atomic mass is 15.2. The van der Waals surface area contributed by atoms with Crippen molar-refractivity contribution >= 4 is 0 Å². The maximum Gasteiger partial charge on any atom is 0.0117 e. The highest BCUT2D eigenvalue weighted by molar-refractivity contribution is 4.85. The first kappa shape index (κ1) is 13.3. The maximum absolute atomic E-state index is 3.62. The second kappa shape index (κ2) is 6.17. The van der Waals surface area contributed by atoms with Crippen molar-refractivity contribution in [2.24, 2.45) is 11.8 Å². The lowest BCUT2D eigenvalue weighted by Crippen LogP contribution is -2.49. The van der Waals surface area contributed by atoms with Crippen molar-refractivity contribution in [1.82, 2.24) is 15.1 Å². The van der Waals surface area contributed by atoms with Gasteiger partial charge in [0.15, 0.2) is 0 Å². The Bertz CT molecular complexity index is 232. The van der Waals surface area contributed by atoms with Gasteiger partial charge in [0.2, 0.25) is 0 Å². The SMILES string of the molecule is CCNC1CCN(CC2CCN(C)C2)CC1C. The van der Waals surface area contributed by atoms with Crippen LogP contribution in [-0.2, 0) is 0 Å². The van der Waals surface area contributed by atoms with Gasteiger partial charge in [-0.15, -0.1) is 0 Å². The van der Waals surface area contributed by atoms with Crippen molar-refractivity contribution in [2.75, 3.05) is 46.3 Å². The summed E-state index contributed by atoms with van der Waals surface area (Å²) < 4.78 is 0. The van der Waals surface area contributed by atoms with E-state index in [-0.39, 0.29) is 0 Å². The quantitative estimate of drug-likeness (QED) is 0.797. The second-order valence-corrected chi connectivity index (χ2v) is 6.11. The highest BCUT2D eigenvalue weighted by Gasteiger charge is 2.28. The largest absolute Gasteiger partial charge is 0.314 e. The van der Waals surface area contributed by atoms with Gasteiger partial charge in [0, 0.05) is 25.7 Å². The molecule has 2 fully saturated rings. The molecule has 3 atom stereocenters. The Hall–Kier alpha value is -0.120. The van der Waals surface area contributed by atoms with E-state index in [1.807, 2.05) is 0 Å². The van der Waals surface area contributed by atoms with Crippen LogP contribution in [0.15, 0.2) is 0 Å². The zero-order valence-corrected chi connectivity index (χ0v) is 11.8. The Morgan fingerprint density at radius 1 is 1.18 bits per heavy atom. The van der Waals surface area contributed by atoms with E-state index in [9.17, 15) is 0 Å². The van der Waals surface area contributed by atoms with E-state index in [4.69, 9.17) is 0 Å². The van der Waals surface area contributed by atoms with Crippen LogP contribution in [0.4, 0.5) is 0 Å². The van der Waals surface area contributed by atoms with E-state index in [1.165, 1.54) is 45.6 Å². The van der Waals surface area contributed by atoms with Gasteiger partial charge < -0.3 is 15.1 Å². The van der Waals surface area contributed by atoms with Crippen molar-refractivity contribution in [3.05, 3.63) is 0 Å². The Balaban J connectivity index is 1.73. The Kier molecular flexibility index (Phi) is 4.83. The predicted octanol–water partition coefficient (Wildman–Crippen LogP) is 1.26. The fraction of sp³-hybridized carbons (Fsp3) is 1.00. The Labute approximate surface area is 107 Å². The summed E-state index contributed by atoms with van der Waals surface area (Å²) in [7, 11) is 2.25. The molecule has 17 heavy (non-hydrogen) atoms. The van der Waals surface area contributed by atoms with Crippen molar-refractivity contribution < 1.29 is 0 Å². The third kappa shape index (κ3) is 3.67. The van der Waals surface area contributed by atoms with Crippen LogP contribution in [0.25, 0.3) is 0 Å². The molecule has 2 heterocycles. The van der Waals surface area contributed by atoms with Crippen LogP contribution >= 0.6 is 0 Å². The fourth-order valence-electron chi connectivity index (χ4n) is 3.50. The van der Waals surface area contributed by atoms with Crippen LogP contribution in [0, 0.1) is 11.8 Å². The summed E-state index contributed by atoms with van der Waals surface area (Å²) >= 11 is 0. The average Bonchev–Trinajstić information content (AvgIpc) is 2.68. The van der Waals surface area contributed by atoms with Gasteiger partial charge in [-0.1, -0.05) is 13.8 Å². The molecule has 3 heteroatoms. The average molecular weight is 239 g/mol. The lowest BCUT2D eigenvalue weighted by Gasteiger charge is -2.38. The van der Waals surface area contributed by atoms with Gasteiger partial charge in [0.05, 0.1) is 0 Å². The van der Waals surface area contributed by atoms with E-state index >= 15 is 0 Å². The molecule has 0 aromatic rings. The summed E-state index contributed by atoms with van der Waals surface area (Å²) in [6.45, 7) is 12.2. The number of hydrogen-bond donors (Lipinski definition) is 1. The molecular formula is C14H29N3. The number of hydrogen-bond acceptors (Lipinski definition) is 3. The van der Waals surface area contributed by atoms with Gasteiger partial charge in [0.25, 0.3) is 0 Å². The normalized spacial score (nSPS) is 36.5. The summed E-state index contributed by atoms with van der Waals surface area (Å²) in [5.74, 6) is 1.73. The molecule has 2 aliphatic rings. The van der Waals surface area contributed by atoms with Crippen molar-refractivity contribution in [3.8, 4) is 0 Å². The monoisotopic (exact) mass is 239 g/mol. The number of nitrogens with one attached hydrogen (secondary N) is 1. The molecule has 3 nitrogen and oxygen atoms in total. The van der Waals surface area contributed by atoms with E-state index in [1.54, 1.807) is 0 Å². The molecule has 0 spiro atoms. The highest BCUT2D eigenvalue weighted by Crippen LogP contribution is 2.21. The molecule has 0 aliphatic carbocycles. The van der Waals surface area contributed by atoms with Crippen molar-refractivity contribution in [2.45, 2.75) is 32.7 Å². The molecule has 0 aromatic carbocycles. The first-order valence-corrected chi connectivity index (χ1v) is 7.33. The molecule has 0 aromatic heterocycles. The van der Waals surface area contributed by atoms with E-state index in [0.717, 1.165) is 24.4 Å². The van der Waals surface area contributed by atoms with Crippen LogP contribution in [0.1, 0.15) is 26.7 Å². The molecule has 2 rings (SSSR count). The maximum atomic E-state index is 3.62. The smallest absolute Gasteiger partial charge is 0.0117 e. The molecule has 2 aliphatic heterocycles. The zero-order chi connectivity index (χ0) is 12.3. The minimum atomic E-state index is 0.752. The summed E-state index contributed by atoms with van der Waals surface area (Å²) in [6.07, 6.45) is 2.73. The van der Waals surface area contributed by atoms with Gasteiger partial charge >= 0.3 is 0 Å². The van der Waals surface area contributed by atoms with Gasteiger partial charge in [-0.05, 0) is 51.4 Å². The number of nitrogens with zero attached hydrogens (tertiary/aromatic N) is 2. The first-order chi connectivity index (χ1) is 8.19. The molecule has 1 N–H and O–H groups in total. The number of rotatable bonds is 4. The van der Waals surface area contributed by atoms with E-state index in [0.29, 0.717) is 0 Å². The third-order valence-corrected chi connectivity index (χ3v) is 4.46. The molecule has 0 amide bonds. The lowest BCUT2D eigenvalue weighted by atomic mass is 9.93. The molecule has 3 unspecified atom stereocenters. The van der Waals surface area contributed by atoms with Crippen molar-refractivity contribution in [1.29, 1.82) is 0 Å². The van der Waals surface area contributed by atoms with Gasteiger partial charge in [0.1, 0.15) is 0 Å². The minimum absolute atomic E-state index is 0.752. The molecule has 0 radical (unpaired) electrons. The molecule has 100 valence electrons. The van der Waals surface area contributed by atoms with Crippen LogP contribution in [-0.4, -0.2) is 62.2 Å². The summed E-state index contributed by atoms with van der Waals surface area (Å²) in [5, 5.41) is 3.62. The second-order valence-electron chi connectivity index (χ2n) is 6.11. The first-order valence-electron chi connectivity index (χ1n) is 7.33. The summed E-state index contributed by atoms with van der Waals surface area (Å²) in [4.78, 5) is 5.17. The lowest BCUT2D eigenvalue weighted by molar-refractivity contribution is 0.131. The standard InChI is InChI=1S/C14H29N3/c1-4-15-14-6-8-17(9-12(14)2)11-13-5-7-16(3)10-13/h12-15H,4-11H2,1-3H3. The van der Waals surface area contributed by atoms with Crippen LogP contribution in [0.3, 0.4) is 0 Å². The van der Waals surface area contributed by atoms with Crippen LogP contribution in [0.2, 0.25) is 0 Å². The number of piperidine rings is 1. The van der Waals surface area contributed by atoms with Crippen molar-refractivity contribution in [3.63, 3.8) is 0 Å². The minimum Gasteiger partial charge on any atom is -0.314 e. The fourth-order valence-corrected chi connectivity index (χ4v) is 3.50. The zero-order valence-electron chi connectivity index (χ0n) is 11.8. The van der Waals surface area contributed by atoms with E-state index in [2.05, 4.69) is 36.0 Å². The molecule has 0 bridgehead atoms. The van der Waals surface area contributed by atoms with Crippen LogP contribution in [0.5, 0.6) is 0 Å². The van der Waals surface area contributed by atoms with Gasteiger partial charge in [-0.3, -0.25) is 0 Å². The van der Waals surface area contributed by atoms with Gasteiger partial charge in [-0.2, -0.15) is 0 Å². The van der Waals surface area contributed by atoms with E-state index < -0.39 is 0 Å². The molecule has 2 saturated heterocycles. The van der Waals surface area contributed by atoms with Gasteiger partial charge in [-0.25, -0.2) is 0 Å². The third-order valence-electron chi connectivity index (χ3n) is 4.46. The number of likely N-dealkylation sites (tertiary alicyclic amines) is 2. The Morgan fingerprint density at radius 3 is 2.59 bits per heavy atom. The topological polar surface area (TPSA) is 18.5 Å². The van der Waals surface area contributed by atoms with Crippen LogP contribution < -0.4 is 5.32 Å².